The van der Waals surface area contributed by atoms with E-state index in [-0.39, 0.29) is 6.04 Å². The average molecular weight is 244 g/mol. The van der Waals surface area contributed by atoms with Crippen LogP contribution in [-0.2, 0) is 16.6 Å². The number of ether oxygens (including phenoxy) is 1. The molecule has 90 valence electrons. The summed E-state index contributed by atoms with van der Waals surface area (Å²) in [4.78, 5) is 0. The Hall–Kier alpha value is -1.11. The standard InChI is InChI=1S/C10H16N2O3S/c1-8(12-16(11,13)14)7-9-5-3-4-6-10(9)15-2/h3-6,8,12H,7H2,1-2H3,(H2,11,13,14). The third kappa shape index (κ3) is 4.18. The highest BCUT2D eigenvalue weighted by molar-refractivity contribution is 7.87. The molecule has 0 aliphatic carbocycles. The highest BCUT2D eigenvalue weighted by Crippen LogP contribution is 2.18. The lowest BCUT2D eigenvalue weighted by Gasteiger charge is -2.14. The first kappa shape index (κ1) is 13.0. The van der Waals surface area contributed by atoms with Gasteiger partial charge in [0, 0.05) is 6.04 Å². The first-order chi connectivity index (χ1) is 7.42. The van der Waals surface area contributed by atoms with Gasteiger partial charge in [0.2, 0.25) is 0 Å². The Morgan fingerprint density at radius 3 is 2.62 bits per heavy atom. The Balaban J connectivity index is 2.73. The van der Waals surface area contributed by atoms with Crippen LogP contribution in [0.4, 0.5) is 0 Å². The van der Waals surface area contributed by atoms with E-state index in [1.165, 1.54) is 0 Å². The summed E-state index contributed by atoms with van der Waals surface area (Å²) >= 11 is 0. The molecule has 0 amide bonds. The van der Waals surface area contributed by atoms with E-state index in [4.69, 9.17) is 9.88 Å². The number of hydrogen-bond acceptors (Lipinski definition) is 3. The minimum absolute atomic E-state index is 0.272. The third-order valence-corrected chi connectivity index (χ3v) is 2.81. The van der Waals surface area contributed by atoms with Gasteiger partial charge in [0.1, 0.15) is 5.75 Å². The molecule has 0 aliphatic heterocycles. The van der Waals surface area contributed by atoms with Gasteiger partial charge in [-0.25, -0.2) is 5.14 Å². The lowest BCUT2D eigenvalue weighted by Crippen LogP contribution is -2.38. The van der Waals surface area contributed by atoms with Crippen LogP contribution in [0.3, 0.4) is 0 Å². The van der Waals surface area contributed by atoms with Crippen LogP contribution >= 0.6 is 0 Å². The molecule has 1 aromatic rings. The van der Waals surface area contributed by atoms with E-state index in [1.807, 2.05) is 24.3 Å². The zero-order valence-corrected chi connectivity index (χ0v) is 10.1. The molecule has 16 heavy (non-hydrogen) atoms. The number of benzene rings is 1. The molecule has 0 heterocycles. The van der Waals surface area contributed by atoms with Gasteiger partial charge in [0.25, 0.3) is 10.2 Å². The van der Waals surface area contributed by atoms with E-state index in [9.17, 15) is 8.42 Å². The van der Waals surface area contributed by atoms with Crippen LogP contribution in [0.5, 0.6) is 5.75 Å². The van der Waals surface area contributed by atoms with Gasteiger partial charge in [-0.1, -0.05) is 18.2 Å². The van der Waals surface area contributed by atoms with Gasteiger partial charge < -0.3 is 4.74 Å². The maximum Gasteiger partial charge on any atom is 0.274 e. The van der Waals surface area contributed by atoms with Gasteiger partial charge in [-0.3, -0.25) is 0 Å². The summed E-state index contributed by atoms with van der Waals surface area (Å²) in [6, 6.07) is 7.19. The molecule has 1 rings (SSSR count). The maximum absolute atomic E-state index is 10.8. The smallest absolute Gasteiger partial charge is 0.274 e. The molecule has 1 atom stereocenters. The van der Waals surface area contributed by atoms with Crippen LogP contribution in [0.25, 0.3) is 0 Å². The first-order valence-corrected chi connectivity index (χ1v) is 6.39. The van der Waals surface area contributed by atoms with E-state index in [2.05, 4.69) is 4.72 Å². The zero-order valence-electron chi connectivity index (χ0n) is 9.30. The van der Waals surface area contributed by atoms with Crippen molar-refractivity contribution in [1.82, 2.24) is 4.72 Å². The van der Waals surface area contributed by atoms with Crippen LogP contribution in [-0.4, -0.2) is 21.6 Å². The van der Waals surface area contributed by atoms with Crippen LogP contribution in [0, 0.1) is 0 Å². The summed E-state index contributed by atoms with van der Waals surface area (Å²) in [7, 11) is -2.07. The number of nitrogens with two attached hydrogens (primary N) is 1. The molecule has 1 unspecified atom stereocenters. The van der Waals surface area contributed by atoms with Gasteiger partial charge in [0.15, 0.2) is 0 Å². The molecule has 3 N–H and O–H groups in total. The Labute approximate surface area is 95.8 Å². The maximum atomic E-state index is 10.8. The van der Waals surface area contributed by atoms with Crippen molar-refractivity contribution < 1.29 is 13.2 Å². The van der Waals surface area contributed by atoms with Gasteiger partial charge in [-0.15, -0.1) is 0 Å². The molecule has 0 saturated heterocycles. The number of para-hydroxylation sites is 1. The second-order valence-corrected chi connectivity index (χ2v) is 4.91. The van der Waals surface area contributed by atoms with Gasteiger partial charge in [-0.05, 0) is 25.0 Å². The summed E-state index contributed by atoms with van der Waals surface area (Å²) in [5.41, 5.74) is 0.939. The van der Waals surface area contributed by atoms with Crippen molar-refractivity contribution in [2.24, 2.45) is 5.14 Å². The van der Waals surface area contributed by atoms with E-state index in [1.54, 1.807) is 14.0 Å². The Kier molecular flexibility index (Phi) is 4.28. The van der Waals surface area contributed by atoms with Crippen molar-refractivity contribution in [2.45, 2.75) is 19.4 Å². The predicted molar refractivity (Wildman–Crippen MR) is 62.4 cm³/mol. The number of hydrogen-bond donors (Lipinski definition) is 2. The van der Waals surface area contributed by atoms with Gasteiger partial charge in [-0.2, -0.15) is 13.1 Å². The lowest BCUT2D eigenvalue weighted by atomic mass is 10.1. The molecule has 0 aromatic heterocycles. The summed E-state index contributed by atoms with van der Waals surface area (Å²) in [5.74, 6) is 0.741. The summed E-state index contributed by atoms with van der Waals surface area (Å²) in [6.07, 6.45) is 0.528. The first-order valence-electron chi connectivity index (χ1n) is 4.84. The van der Waals surface area contributed by atoms with Crippen molar-refractivity contribution in [3.05, 3.63) is 29.8 Å². The minimum atomic E-state index is -3.65. The van der Waals surface area contributed by atoms with Crippen molar-refractivity contribution >= 4 is 10.2 Å². The monoisotopic (exact) mass is 244 g/mol. The largest absolute Gasteiger partial charge is 0.496 e. The second-order valence-electron chi connectivity index (χ2n) is 3.58. The molecule has 0 fully saturated rings. The Morgan fingerprint density at radius 2 is 2.06 bits per heavy atom. The van der Waals surface area contributed by atoms with Crippen molar-refractivity contribution in [3.8, 4) is 5.75 Å². The zero-order chi connectivity index (χ0) is 12.2. The molecular weight excluding hydrogens is 228 g/mol. The summed E-state index contributed by atoms with van der Waals surface area (Å²) < 4.78 is 29.1. The van der Waals surface area contributed by atoms with Crippen LogP contribution in [0.15, 0.2) is 24.3 Å². The molecule has 6 heteroatoms. The normalized spacial score (nSPS) is 13.4. The summed E-state index contributed by atoms with van der Waals surface area (Å²) in [5, 5.41) is 4.89. The Bertz CT molecular complexity index is 445. The molecule has 0 spiro atoms. The van der Waals surface area contributed by atoms with Gasteiger partial charge in [0.05, 0.1) is 7.11 Å². The molecule has 0 radical (unpaired) electrons. The fourth-order valence-electron chi connectivity index (χ4n) is 1.52. The quantitative estimate of drug-likeness (QED) is 0.787. The molecular formula is C10H16N2O3S. The van der Waals surface area contributed by atoms with E-state index >= 15 is 0 Å². The molecule has 1 aromatic carbocycles. The second kappa shape index (κ2) is 5.29. The third-order valence-electron chi connectivity index (χ3n) is 2.08. The fourth-order valence-corrected chi connectivity index (χ4v) is 2.17. The van der Waals surface area contributed by atoms with E-state index in [0.717, 1.165) is 11.3 Å². The SMILES string of the molecule is COc1ccccc1CC(C)NS(N)(=O)=O. The Morgan fingerprint density at radius 1 is 1.44 bits per heavy atom. The molecule has 0 bridgehead atoms. The summed E-state index contributed by atoms with van der Waals surface area (Å²) in [6.45, 7) is 1.75. The average Bonchev–Trinajstić information content (AvgIpc) is 2.15. The number of methoxy groups -OCH3 is 1. The predicted octanol–water partition coefficient (Wildman–Crippen LogP) is 0.419. The number of rotatable bonds is 5. The minimum Gasteiger partial charge on any atom is -0.496 e. The highest BCUT2D eigenvalue weighted by Gasteiger charge is 2.11. The van der Waals surface area contributed by atoms with Crippen LogP contribution in [0.1, 0.15) is 12.5 Å². The van der Waals surface area contributed by atoms with E-state index in [0.29, 0.717) is 6.42 Å². The van der Waals surface area contributed by atoms with Crippen LogP contribution < -0.4 is 14.6 Å². The van der Waals surface area contributed by atoms with Crippen molar-refractivity contribution in [3.63, 3.8) is 0 Å². The fraction of sp³-hybridized carbons (Fsp3) is 0.400. The molecule has 5 nitrogen and oxygen atoms in total. The van der Waals surface area contributed by atoms with Crippen LogP contribution in [0.2, 0.25) is 0 Å². The van der Waals surface area contributed by atoms with Gasteiger partial charge >= 0.3 is 0 Å². The van der Waals surface area contributed by atoms with E-state index < -0.39 is 10.2 Å². The topological polar surface area (TPSA) is 81.4 Å². The van der Waals surface area contributed by atoms with Crippen molar-refractivity contribution in [1.29, 1.82) is 0 Å². The van der Waals surface area contributed by atoms with Crippen molar-refractivity contribution in [2.75, 3.05) is 7.11 Å². The molecule has 0 saturated carbocycles. The number of nitrogens with one attached hydrogen (secondary N) is 1. The lowest BCUT2D eigenvalue weighted by molar-refractivity contribution is 0.407. The molecule has 0 aliphatic rings. The highest BCUT2D eigenvalue weighted by atomic mass is 32.2.